The maximum atomic E-state index is 12.8. The van der Waals surface area contributed by atoms with Crippen LogP contribution in [0.4, 0.5) is 5.13 Å². The van der Waals surface area contributed by atoms with Gasteiger partial charge in [0.1, 0.15) is 23.2 Å². The van der Waals surface area contributed by atoms with Crippen LogP contribution in [0.3, 0.4) is 0 Å². The van der Waals surface area contributed by atoms with Gasteiger partial charge < -0.3 is 24.7 Å². The summed E-state index contributed by atoms with van der Waals surface area (Å²) < 4.78 is 12.4. The summed E-state index contributed by atoms with van der Waals surface area (Å²) in [7, 11) is 4.91. The number of ether oxygens (including phenoxy) is 2. The Morgan fingerprint density at radius 2 is 1.96 bits per heavy atom. The Balaban J connectivity index is 1.81. The monoisotopic (exact) mass is 402 g/mol. The highest BCUT2D eigenvalue weighted by atomic mass is 32.1. The number of anilines is 1. The highest BCUT2D eigenvalue weighted by molar-refractivity contribution is 7.13. The van der Waals surface area contributed by atoms with Gasteiger partial charge in [-0.25, -0.2) is 4.98 Å². The number of hydrogen-bond acceptors (Lipinski definition) is 6. The molecule has 1 atom stereocenters. The van der Waals surface area contributed by atoms with Gasteiger partial charge >= 0.3 is 0 Å². The summed E-state index contributed by atoms with van der Waals surface area (Å²) >= 11 is 1.34. The Hall–Kier alpha value is -3.07. The van der Waals surface area contributed by atoms with Gasteiger partial charge in [0.25, 0.3) is 5.91 Å². The van der Waals surface area contributed by atoms with E-state index in [9.17, 15) is 9.59 Å². The van der Waals surface area contributed by atoms with E-state index in [0.29, 0.717) is 22.3 Å². The molecule has 0 spiro atoms. The number of aryl methyl sites for hydroxylation is 2. The van der Waals surface area contributed by atoms with E-state index >= 15 is 0 Å². The van der Waals surface area contributed by atoms with Crippen molar-refractivity contribution in [3.63, 3.8) is 0 Å². The number of fused-ring (bicyclic) bond motifs is 1. The van der Waals surface area contributed by atoms with Crippen LogP contribution in [0.25, 0.3) is 10.9 Å². The lowest BCUT2D eigenvalue weighted by Crippen LogP contribution is -2.42. The number of thiazole rings is 1. The number of methoxy groups -OCH3 is 2. The number of carbonyl (C=O) groups is 2. The average Bonchev–Trinajstić information content (AvgIpc) is 3.23. The molecule has 28 heavy (non-hydrogen) atoms. The highest BCUT2D eigenvalue weighted by Gasteiger charge is 2.21. The van der Waals surface area contributed by atoms with Crippen molar-refractivity contribution in [2.24, 2.45) is 7.05 Å². The molecule has 148 valence electrons. The predicted molar refractivity (Wildman–Crippen MR) is 108 cm³/mol. The van der Waals surface area contributed by atoms with Crippen LogP contribution in [0.1, 0.15) is 23.1 Å². The molecule has 2 amide bonds. The number of carbonyl (C=O) groups excluding carboxylic acids is 2. The molecule has 3 aromatic rings. The van der Waals surface area contributed by atoms with Crippen molar-refractivity contribution in [2.45, 2.75) is 19.9 Å². The van der Waals surface area contributed by atoms with Gasteiger partial charge in [-0.15, -0.1) is 11.3 Å². The average molecular weight is 402 g/mol. The molecule has 3 rings (SSSR count). The molecule has 0 aliphatic heterocycles. The number of aromatic nitrogens is 2. The smallest absolute Gasteiger partial charge is 0.268 e. The molecule has 0 aliphatic carbocycles. The lowest BCUT2D eigenvalue weighted by molar-refractivity contribution is -0.117. The van der Waals surface area contributed by atoms with E-state index in [2.05, 4.69) is 15.6 Å². The van der Waals surface area contributed by atoms with E-state index in [1.807, 2.05) is 18.4 Å². The molecule has 0 radical (unpaired) electrons. The Kier molecular flexibility index (Phi) is 5.55. The van der Waals surface area contributed by atoms with Crippen LogP contribution >= 0.6 is 11.3 Å². The van der Waals surface area contributed by atoms with Gasteiger partial charge in [-0.1, -0.05) is 0 Å². The van der Waals surface area contributed by atoms with Gasteiger partial charge in [0.05, 0.1) is 25.4 Å². The lowest BCUT2D eigenvalue weighted by Gasteiger charge is -2.13. The summed E-state index contributed by atoms with van der Waals surface area (Å²) in [5, 5.41) is 8.56. The first kappa shape index (κ1) is 19.7. The normalized spacial score (nSPS) is 11.9. The van der Waals surface area contributed by atoms with Gasteiger partial charge in [0.15, 0.2) is 5.13 Å². The van der Waals surface area contributed by atoms with Gasteiger partial charge in [-0.05, 0) is 19.9 Å². The summed E-state index contributed by atoms with van der Waals surface area (Å²) in [5.74, 6) is 0.538. The van der Waals surface area contributed by atoms with E-state index < -0.39 is 6.04 Å². The fourth-order valence-corrected chi connectivity index (χ4v) is 3.53. The van der Waals surface area contributed by atoms with Crippen molar-refractivity contribution in [1.82, 2.24) is 14.9 Å². The minimum absolute atomic E-state index is 0.333. The molecule has 1 unspecified atom stereocenters. The molecule has 0 fully saturated rings. The Labute approximate surface area is 166 Å². The first-order chi connectivity index (χ1) is 13.3. The fraction of sp³-hybridized carbons (Fsp3) is 0.316. The summed E-state index contributed by atoms with van der Waals surface area (Å²) in [6, 6.07) is 4.59. The topological polar surface area (TPSA) is 94.5 Å². The standard InChI is InChI=1S/C19H22N4O4S/c1-10-9-28-19(20-10)22-17(24)11(2)21-18(25)15-8-13-14(23(15)3)6-12(26-4)7-16(13)27-5/h6-9,11H,1-5H3,(H,21,25)(H,20,22,24). The maximum absolute atomic E-state index is 12.8. The molecule has 2 N–H and O–H groups in total. The molecular formula is C19H22N4O4S. The van der Waals surface area contributed by atoms with Crippen molar-refractivity contribution >= 4 is 39.2 Å². The van der Waals surface area contributed by atoms with Gasteiger partial charge in [0, 0.05) is 29.9 Å². The molecule has 1 aromatic carbocycles. The molecule has 0 saturated heterocycles. The van der Waals surface area contributed by atoms with Crippen LogP contribution in [0, 0.1) is 6.92 Å². The second-order valence-electron chi connectivity index (χ2n) is 6.33. The van der Waals surface area contributed by atoms with E-state index in [1.54, 1.807) is 44.9 Å². The van der Waals surface area contributed by atoms with Crippen molar-refractivity contribution < 1.29 is 19.1 Å². The molecular weight excluding hydrogens is 380 g/mol. The van der Waals surface area contributed by atoms with Crippen LogP contribution in [-0.4, -0.2) is 41.6 Å². The second kappa shape index (κ2) is 7.89. The molecule has 0 aliphatic rings. The summed E-state index contributed by atoms with van der Waals surface area (Å²) in [4.78, 5) is 29.3. The van der Waals surface area contributed by atoms with Crippen LogP contribution in [0.15, 0.2) is 23.6 Å². The zero-order chi connectivity index (χ0) is 20.4. The van der Waals surface area contributed by atoms with Crippen LogP contribution in [-0.2, 0) is 11.8 Å². The fourth-order valence-electron chi connectivity index (χ4n) is 2.84. The second-order valence-corrected chi connectivity index (χ2v) is 7.19. The number of nitrogens with one attached hydrogen (secondary N) is 2. The van der Waals surface area contributed by atoms with Gasteiger partial charge in [0.2, 0.25) is 5.91 Å². The van der Waals surface area contributed by atoms with Crippen LogP contribution in [0.5, 0.6) is 11.5 Å². The predicted octanol–water partition coefficient (Wildman–Crippen LogP) is 2.72. The minimum Gasteiger partial charge on any atom is -0.497 e. The Bertz CT molecular complexity index is 1040. The zero-order valence-corrected chi connectivity index (χ0v) is 17.1. The lowest BCUT2D eigenvalue weighted by atomic mass is 10.2. The Morgan fingerprint density at radius 3 is 2.57 bits per heavy atom. The molecule has 9 heteroatoms. The van der Waals surface area contributed by atoms with Crippen molar-refractivity contribution in [1.29, 1.82) is 0 Å². The van der Waals surface area contributed by atoms with Crippen LogP contribution in [0.2, 0.25) is 0 Å². The molecule has 0 bridgehead atoms. The zero-order valence-electron chi connectivity index (χ0n) is 16.3. The molecule has 2 heterocycles. The SMILES string of the molecule is COc1cc(OC)c2cc(C(=O)NC(C)C(=O)Nc3nc(C)cs3)n(C)c2c1. The molecule has 2 aromatic heterocycles. The van der Waals surface area contributed by atoms with Crippen molar-refractivity contribution in [2.75, 3.05) is 19.5 Å². The van der Waals surface area contributed by atoms with E-state index in [-0.39, 0.29) is 11.8 Å². The first-order valence-corrected chi connectivity index (χ1v) is 9.47. The summed E-state index contributed by atoms with van der Waals surface area (Å²) in [6.45, 7) is 3.47. The number of nitrogens with zero attached hydrogens (tertiary/aromatic N) is 2. The first-order valence-electron chi connectivity index (χ1n) is 8.59. The third-order valence-electron chi connectivity index (χ3n) is 4.38. The number of hydrogen-bond donors (Lipinski definition) is 2. The van der Waals surface area contributed by atoms with E-state index in [1.165, 1.54) is 11.3 Å². The maximum Gasteiger partial charge on any atom is 0.268 e. The quantitative estimate of drug-likeness (QED) is 0.661. The molecule has 8 nitrogen and oxygen atoms in total. The number of benzene rings is 1. The van der Waals surface area contributed by atoms with Crippen molar-refractivity contribution in [3.8, 4) is 11.5 Å². The third-order valence-corrected chi connectivity index (χ3v) is 5.25. The van der Waals surface area contributed by atoms with E-state index in [4.69, 9.17) is 9.47 Å². The van der Waals surface area contributed by atoms with Gasteiger partial charge in [-0.2, -0.15) is 0 Å². The number of rotatable bonds is 6. The number of amides is 2. The van der Waals surface area contributed by atoms with Crippen LogP contribution < -0.4 is 20.1 Å². The summed E-state index contributed by atoms with van der Waals surface area (Å²) in [6.07, 6.45) is 0. The largest absolute Gasteiger partial charge is 0.497 e. The highest BCUT2D eigenvalue weighted by Crippen LogP contribution is 2.33. The minimum atomic E-state index is -0.730. The Morgan fingerprint density at radius 1 is 1.21 bits per heavy atom. The summed E-state index contributed by atoms with van der Waals surface area (Å²) in [5.41, 5.74) is 2.03. The van der Waals surface area contributed by atoms with Crippen molar-refractivity contribution in [3.05, 3.63) is 35.0 Å². The van der Waals surface area contributed by atoms with E-state index in [0.717, 1.165) is 16.6 Å². The third kappa shape index (κ3) is 3.79. The van der Waals surface area contributed by atoms with Gasteiger partial charge in [-0.3, -0.25) is 9.59 Å². The molecule has 0 saturated carbocycles.